The first kappa shape index (κ1) is 17.4. The Kier molecular flexibility index (Phi) is 6.38. The highest BCUT2D eigenvalue weighted by molar-refractivity contribution is 7.88. The maximum atomic E-state index is 11.9. The zero-order chi connectivity index (χ0) is 15.2. The van der Waals surface area contributed by atoms with Crippen LogP contribution in [0.1, 0.15) is 19.8 Å². The Morgan fingerprint density at radius 2 is 2.00 bits per heavy atom. The minimum atomic E-state index is -3.38. The van der Waals surface area contributed by atoms with Gasteiger partial charge in [-0.1, -0.05) is 0 Å². The molecule has 1 aliphatic rings. The van der Waals surface area contributed by atoms with Gasteiger partial charge in [0.2, 0.25) is 15.9 Å². The second-order valence-corrected chi connectivity index (χ2v) is 7.29. The monoisotopic (exact) mass is 307 g/mol. The molecule has 0 aliphatic carbocycles. The van der Waals surface area contributed by atoms with Crippen molar-refractivity contribution < 1.29 is 17.9 Å². The molecule has 1 amide bonds. The molecule has 1 fully saturated rings. The molecule has 0 spiro atoms. The maximum Gasteiger partial charge on any atom is 0.237 e. The molecular weight excluding hydrogens is 282 g/mol. The number of nitrogens with one attached hydrogen (secondary N) is 3. The van der Waals surface area contributed by atoms with E-state index in [0.717, 1.165) is 32.2 Å². The van der Waals surface area contributed by atoms with Crippen molar-refractivity contribution in [2.24, 2.45) is 5.41 Å². The Morgan fingerprint density at radius 1 is 1.40 bits per heavy atom. The highest BCUT2D eigenvalue weighted by atomic mass is 32.2. The van der Waals surface area contributed by atoms with Crippen LogP contribution in [0.2, 0.25) is 0 Å². The summed E-state index contributed by atoms with van der Waals surface area (Å²) in [5, 5.41) is 6.11. The lowest BCUT2D eigenvalue weighted by atomic mass is 9.79. The summed E-state index contributed by atoms with van der Waals surface area (Å²) in [7, 11) is -1.73. The SMILES string of the molecule is COCC1(CNC(=O)C(C)NS(C)(=O)=O)CCNCC1. The smallest absolute Gasteiger partial charge is 0.237 e. The minimum absolute atomic E-state index is 0.0690. The summed E-state index contributed by atoms with van der Waals surface area (Å²) in [5.74, 6) is -0.315. The van der Waals surface area contributed by atoms with Crippen molar-refractivity contribution in [3.05, 3.63) is 0 Å². The van der Waals surface area contributed by atoms with Gasteiger partial charge in [-0.3, -0.25) is 4.79 Å². The van der Waals surface area contributed by atoms with Gasteiger partial charge in [0.05, 0.1) is 18.9 Å². The molecule has 1 heterocycles. The van der Waals surface area contributed by atoms with Crippen LogP contribution in [-0.2, 0) is 19.6 Å². The zero-order valence-electron chi connectivity index (χ0n) is 12.4. The van der Waals surface area contributed by atoms with Crippen molar-refractivity contribution in [1.29, 1.82) is 0 Å². The molecule has 0 aromatic heterocycles. The van der Waals surface area contributed by atoms with E-state index >= 15 is 0 Å². The molecule has 1 aliphatic heterocycles. The molecule has 0 radical (unpaired) electrons. The van der Waals surface area contributed by atoms with Crippen molar-refractivity contribution in [2.45, 2.75) is 25.8 Å². The van der Waals surface area contributed by atoms with E-state index in [9.17, 15) is 13.2 Å². The average molecular weight is 307 g/mol. The lowest BCUT2D eigenvalue weighted by Gasteiger charge is -2.37. The van der Waals surface area contributed by atoms with Gasteiger partial charge in [0, 0.05) is 19.1 Å². The van der Waals surface area contributed by atoms with Gasteiger partial charge in [0.1, 0.15) is 0 Å². The van der Waals surface area contributed by atoms with Crippen molar-refractivity contribution in [1.82, 2.24) is 15.4 Å². The van der Waals surface area contributed by atoms with E-state index < -0.39 is 16.1 Å². The second-order valence-electron chi connectivity index (χ2n) is 5.51. The van der Waals surface area contributed by atoms with Gasteiger partial charge in [0.15, 0.2) is 0 Å². The molecule has 3 N–H and O–H groups in total. The third kappa shape index (κ3) is 5.74. The van der Waals surface area contributed by atoms with Crippen molar-refractivity contribution in [2.75, 3.05) is 39.6 Å². The summed E-state index contributed by atoms with van der Waals surface area (Å²) in [6.07, 6.45) is 2.89. The molecule has 0 saturated carbocycles. The van der Waals surface area contributed by atoms with E-state index in [1.807, 2.05) is 0 Å². The van der Waals surface area contributed by atoms with E-state index in [0.29, 0.717) is 13.2 Å². The van der Waals surface area contributed by atoms with Crippen molar-refractivity contribution in [3.63, 3.8) is 0 Å². The number of ether oxygens (including phenoxy) is 1. The highest BCUT2D eigenvalue weighted by Gasteiger charge is 2.33. The Labute approximate surface area is 120 Å². The number of amides is 1. The molecule has 8 heteroatoms. The molecule has 0 bridgehead atoms. The Hall–Kier alpha value is -0.700. The number of carbonyl (C=O) groups is 1. The average Bonchev–Trinajstić information content (AvgIpc) is 2.35. The standard InChI is InChI=1S/C12H25N3O4S/c1-10(15-20(3,17)18)11(16)14-8-12(9-19-2)4-6-13-7-5-12/h10,13,15H,4-9H2,1-3H3,(H,14,16). The molecule has 1 saturated heterocycles. The molecule has 118 valence electrons. The van der Waals surface area contributed by atoms with Crippen molar-refractivity contribution >= 4 is 15.9 Å². The van der Waals surface area contributed by atoms with Gasteiger partial charge in [-0.15, -0.1) is 0 Å². The van der Waals surface area contributed by atoms with E-state index in [1.54, 1.807) is 7.11 Å². The van der Waals surface area contributed by atoms with Gasteiger partial charge in [-0.2, -0.15) is 0 Å². The summed E-state index contributed by atoms with van der Waals surface area (Å²) in [4.78, 5) is 11.9. The minimum Gasteiger partial charge on any atom is -0.384 e. The molecule has 20 heavy (non-hydrogen) atoms. The van der Waals surface area contributed by atoms with Crippen LogP contribution < -0.4 is 15.4 Å². The highest BCUT2D eigenvalue weighted by Crippen LogP contribution is 2.28. The fraction of sp³-hybridized carbons (Fsp3) is 0.917. The predicted molar refractivity (Wildman–Crippen MR) is 76.9 cm³/mol. The predicted octanol–water partition coefficient (Wildman–Crippen LogP) is -0.943. The summed E-state index contributed by atoms with van der Waals surface area (Å²) in [6, 6.07) is -0.772. The summed E-state index contributed by atoms with van der Waals surface area (Å²) >= 11 is 0. The van der Waals surface area contributed by atoms with E-state index in [4.69, 9.17) is 4.74 Å². The largest absolute Gasteiger partial charge is 0.384 e. The Bertz CT molecular complexity index is 413. The fourth-order valence-corrected chi connectivity index (χ4v) is 3.19. The number of carbonyl (C=O) groups excluding carboxylic acids is 1. The number of methoxy groups -OCH3 is 1. The molecular formula is C12H25N3O4S. The van der Waals surface area contributed by atoms with Crippen LogP contribution in [0.3, 0.4) is 0 Å². The first-order chi connectivity index (χ1) is 9.28. The first-order valence-electron chi connectivity index (χ1n) is 6.73. The normalized spacial score (nSPS) is 20.4. The van der Waals surface area contributed by atoms with Crippen LogP contribution in [0.4, 0.5) is 0 Å². The van der Waals surface area contributed by atoms with Gasteiger partial charge >= 0.3 is 0 Å². The lowest BCUT2D eigenvalue weighted by molar-refractivity contribution is -0.123. The van der Waals surface area contributed by atoms with Crippen LogP contribution in [0.5, 0.6) is 0 Å². The zero-order valence-corrected chi connectivity index (χ0v) is 13.2. The summed E-state index contributed by atoms with van der Waals surface area (Å²) in [5.41, 5.74) is -0.0690. The number of piperidine rings is 1. The van der Waals surface area contributed by atoms with E-state index in [1.165, 1.54) is 6.92 Å². The van der Waals surface area contributed by atoms with Gasteiger partial charge in [-0.25, -0.2) is 13.1 Å². The molecule has 0 aromatic rings. The summed E-state index contributed by atoms with van der Waals surface area (Å²) in [6.45, 7) is 4.41. The third-order valence-corrected chi connectivity index (χ3v) is 4.32. The third-order valence-electron chi connectivity index (χ3n) is 3.54. The molecule has 1 atom stereocenters. The van der Waals surface area contributed by atoms with E-state index in [2.05, 4.69) is 15.4 Å². The molecule has 0 aromatic carbocycles. The Morgan fingerprint density at radius 3 is 2.50 bits per heavy atom. The van der Waals surface area contributed by atoms with Crippen LogP contribution in [0.25, 0.3) is 0 Å². The first-order valence-corrected chi connectivity index (χ1v) is 8.62. The van der Waals surface area contributed by atoms with Crippen LogP contribution in [0, 0.1) is 5.41 Å². The molecule has 1 unspecified atom stereocenters. The van der Waals surface area contributed by atoms with Crippen LogP contribution >= 0.6 is 0 Å². The van der Waals surface area contributed by atoms with Crippen LogP contribution in [0.15, 0.2) is 0 Å². The number of sulfonamides is 1. The topological polar surface area (TPSA) is 96.5 Å². The number of hydrogen-bond acceptors (Lipinski definition) is 5. The van der Waals surface area contributed by atoms with Crippen LogP contribution in [-0.4, -0.2) is 60.0 Å². The lowest BCUT2D eigenvalue weighted by Crippen LogP contribution is -2.51. The summed E-state index contributed by atoms with van der Waals surface area (Å²) < 4.78 is 29.7. The molecule has 7 nitrogen and oxygen atoms in total. The quantitative estimate of drug-likeness (QED) is 0.564. The van der Waals surface area contributed by atoms with E-state index in [-0.39, 0.29) is 11.3 Å². The second kappa shape index (κ2) is 7.35. The molecule has 1 rings (SSSR count). The maximum absolute atomic E-state index is 11.9. The number of hydrogen-bond donors (Lipinski definition) is 3. The fourth-order valence-electron chi connectivity index (χ4n) is 2.44. The number of rotatable bonds is 7. The van der Waals surface area contributed by atoms with Gasteiger partial charge in [0.25, 0.3) is 0 Å². The Balaban J connectivity index is 2.52. The van der Waals surface area contributed by atoms with Gasteiger partial charge < -0.3 is 15.4 Å². The van der Waals surface area contributed by atoms with Gasteiger partial charge in [-0.05, 0) is 32.9 Å². The van der Waals surface area contributed by atoms with Crippen molar-refractivity contribution in [3.8, 4) is 0 Å².